The smallest absolute Gasteiger partial charge is 0.220 e. The molecular weight excluding hydrogens is 166 g/mol. The van der Waals surface area contributed by atoms with Gasteiger partial charge in [0.05, 0.1) is 6.07 Å². The van der Waals surface area contributed by atoms with Crippen molar-refractivity contribution in [1.82, 2.24) is 9.50 Å². The molecule has 0 radical (unpaired) electrons. The number of hydrogen-bond donors (Lipinski definition) is 1. The molecule has 0 saturated heterocycles. The van der Waals surface area contributed by atoms with Crippen LogP contribution in [0, 0.1) is 12.1 Å². The molecule has 1 N–H and O–H groups in total. The van der Waals surface area contributed by atoms with Gasteiger partial charge in [0.15, 0.2) is 5.65 Å². The number of imidazole rings is 1. The van der Waals surface area contributed by atoms with Crippen molar-refractivity contribution in [1.29, 1.82) is 0 Å². The minimum atomic E-state index is 0.463. The topological polar surface area (TPSA) is 47.1 Å². The normalized spacial score (nSPS) is 11.1. The minimum absolute atomic E-state index is 0.463. The van der Waals surface area contributed by atoms with Crippen LogP contribution < -0.4 is 4.85 Å². The standard InChI is InChI=1S/C6H6ClN3O/c1-4-2-6-8-5(7)3-9(6)10(4)11/h2-3,8H,1H3. The molecule has 2 aromatic rings. The lowest BCUT2D eigenvalue weighted by Gasteiger charge is -1.90. The van der Waals surface area contributed by atoms with E-state index in [4.69, 9.17) is 11.6 Å². The Bertz CT molecular complexity index is 403. The van der Waals surface area contributed by atoms with Gasteiger partial charge in [-0.3, -0.25) is 0 Å². The van der Waals surface area contributed by atoms with Gasteiger partial charge in [0.25, 0.3) is 0 Å². The molecule has 0 fully saturated rings. The maximum absolute atomic E-state index is 11.1. The van der Waals surface area contributed by atoms with Crippen molar-refractivity contribution in [2.24, 2.45) is 0 Å². The zero-order chi connectivity index (χ0) is 8.01. The summed E-state index contributed by atoms with van der Waals surface area (Å²) >= 11 is 5.62. The van der Waals surface area contributed by atoms with Crippen molar-refractivity contribution in [3.05, 3.63) is 28.3 Å². The number of H-pyrrole nitrogens is 1. The van der Waals surface area contributed by atoms with E-state index in [-0.39, 0.29) is 0 Å². The highest BCUT2D eigenvalue weighted by molar-refractivity contribution is 6.29. The summed E-state index contributed by atoms with van der Waals surface area (Å²) in [4.78, 5) is 3.60. The highest BCUT2D eigenvalue weighted by Crippen LogP contribution is 2.08. The van der Waals surface area contributed by atoms with E-state index in [1.54, 1.807) is 13.0 Å². The molecule has 0 amide bonds. The van der Waals surface area contributed by atoms with E-state index >= 15 is 0 Å². The molecule has 0 unspecified atom stereocenters. The predicted molar refractivity (Wildman–Crippen MR) is 40.5 cm³/mol. The number of nitrogens with zero attached hydrogens (tertiary/aromatic N) is 2. The van der Waals surface area contributed by atoms with Gasteiger partial charge < -0.3 is 10.2 Å². The Morgan fingerprint density at radius 2 is 2.45 bits per heavy atom. The first-order valence-corrected chi connectivity index (χ1v) is 3.52. The number of nitrogens with one attached hydrogen (secondary N) is 1. The zero-order valence-electron chi connectivity index (χ0n) is 5.84. The number of aromatic amines is 1. The number of halogens is 1. The Kier molecular flexibility index (Phi) is 1.14. The van der Waals surface area contributed by atoms with Gasteiger partial charge in [0.2, 0.25) is 5.69 Å². The average molecular weight is 172 g/mol. The molecule has 0 bridgehead atoms. The Hall–Kier alpha value is -1.16. The summed E-state index contributed by atoms with van der Waals surface area (Å²) in [6, 6.07) is 1.74. The van der Waals surface area contributed by atoms with Crippen molar-refractivity contribution in [2.75, 3.05) is 0 Å². The van der Waals surface area contributed by atoms with E-state index in [1.807, 2.05) is 0 Å². The maximum Gasteiger partial charge on any atom is 0.220 e. The molecule has 58 valence electrons. The molecule has 0 aromatic carbocycles. The van der Waals surface area contributed by atoms with Gasteiger partial charge in [-0.2, -0.15) is 0 Å². The molecule has 0 aliphatic heterocycles. The first-order valence-electron chi connectivity index (χ1n) is 3.14. The van der Waals surface area contributed by atoms with Gasteiger partial charge in [-0.25, -0.2) is 0 Å². The lowest BCUT2D eigenvalue weighted by atomic mass is 10.5. The van der Waals surface area contributed by atoms with Crippen molar-refractivity contribution in [3.8, 4) is 0 Å². The van der Waals surface area contributed by atoms with Crippen molar-refractivity contribution in [2.45, 2.75) is 6.92 Å². The lowest BCUT2D eigenvalue weighted by molar-refractivity contribution is -0.682. The lowest BCUT2D eigenvalue weighted by Crippen LogP contribution is -2.34. The third kappa shape index (κ3) is 0.793. The number of fused-ring (bicyclic) bond motifs is 1. The molecule has 2 aromatic heterocycles. The molecule has 0 aliphatic carbocycles. The third-order valence-corrected chi connectivity index (χ3v) is 1.77. The molecule has 4 nitrogen and oxygen atoms in total. The molecule has 0 saturated carbocycles. The summed E-state index contributed by atoms with van der Waals surface area (Å²) in [5.41, 5.74) is 1.36. The second-order valence-corrected chi connectivity index (χ2v) is 2.80. The molecular formula is C6H6ClN3O. The van der Waals surface area contributed by atoms with E-state index < -0.39 is 0 Å². The fraction of sp³-hybridized carbons (Fsp3) is 0.167. The van der Waals surface area contributed by atoms with Gasteiger partial charge in [-0.15, -0.1) is 0 Å². The first-order chi connectivity index (χ1) is 5.18. The van der Waals surface area contributed by atoms with Gasteiger partial charge in [0, 0.05) is 6.92 Å². The van der Waals surface area contributed by atoms with Gasteiger partial charge >= 0.3 is 0 Å². The Balaban J connectivity index is 2.88. The van der Waals surface area contributed by atoms with Crippen LogP contribution in [0.4, 0.5) is 0 Å². The van der Waals surface area contributed by atoms with Crippen LogP contribution in [-0.2, 0) is 0 Å². The molecule has 2 rings (SSSR count). The number of rotatable bonds is 0. The van der Waals surface area contributed by atoms with Crippen LogP contribution in [-0.4, -0.2) is 9.50 Å². The number of aromatic nitrogens is 3. The van der Waals surface area contributed by atoms with Crippen molar-refractivity contribution >= 4 is 17.2 Å². The zero-order valence-corrected chi connectivity index (χ0v) is 6.59. The molecule has 0 aliphatic rings. The Morgan fingerprint density at radius 3 is 3.09 bits per heavy atom. The molecule has 0 atom stereocenters. The van der Waals surface area contributed by atoms with Crippen LogP contribution in [0.2, 0.25) is 5.15 Å². The highest BCUT2D eigenvalue weighted by atomic mass is 35.5. The van der Waals surface area contributed by atoms with E-state index in [9.17, 15) is 5.21 Å². The van der Waals surface area contributed by atoms with E-state index in [2.05, 4.69) is 4.98 Å². The quantitative estimate of drug-likeness (QED) is 0.464. The molecule has 0 spiro atoms. The SMILES string of the molecule is Cc1cc2[nH]c(Cl)cn2[n+]1[O-]. The summed E-state index contributed by atoms with van der Waals surface area (Å²) in [6.07, 6.45) is 1.54. The largest absolute Gasteiger partial charge is 0.595 e. The highest BCUT2D eigenvalue weighted by Gasteiger charge is 2.09. The maximum atomic E-state index is 11.1. The fourth-order valence-corrected chi connectivity index (χ4v) is 1.25. The predicted octanol–water partition coefficient (Wildman–Crippen LogP) is 0.863. The van der Waals surface area contributed by atoms with Crippen LogP contribution in [0.5, 0.6) is 0 Å². The first kappa shape index (κ1) is 6.54. The summed E-state index contributed by atoms with van der Waals surface area (Å²) in [7, 11) is 0. The van der Waals surface area contributed by atoms with Gasteiger partial charge in [-0.1, -0.05) is 21.0 Å². The van der Waals surface area contributed by atoms with E-state index in [1.165, 1.54) is 10.7 Å². The van der Waals surface area contributed by atoms with E-state index in [0.717, 1.165) is 4.85 Å². The average Bonchev–Trinajstić information content (AvgIpc) is 2.37. The molecule has 5 heteroatoms. The summed E-state index contributed by atoms with van der Waals surface area (Å²) in [5, 5.41) is 11.6. The summed E-state index contributed by atoms with van der Waals surface area (Å²) in [5.74, 6) is 0. The second kappa shape index (κ2) is 1.92. The molecule has 2 heterocycles. The number of aryl methyl sites for hydroxylation is 1. The molecule has 11 heavy (non-hydrogen) atoms. The van der Waals surface area contributed by atoms with E-state index in [0.29, 0.717) is 16.5 Å². The fourth-order valence-electron chi connectivity index (χ4n) is 1.06. The van der Waals surface area contributed by atoms with Gasteiger partial charge in [-0.05, 0) is 0 Å². The van der Waals surface area contributed by atoms with Crippen molar-refractivity contribution < 1.29 is 4.85 Å². The minimum Gasteiger partial charge on any atom is -0.595 e. The van der Waals surface area contributed by atoms with Crippen LogP contribution in [0.3, 0.4) is 0 Å². The third-order valence-electron chi connectivity index (χ3n) is 1.57. The van der Waals surface area contributed by atoms with Crippen LogP contribution >= 0.6 is 11.6 Å². The Morgan fingerprint density at radius 1 is 1.73 bits per heavy atom. The monoisotopic (exact) mass is 171 g/mol. The summed E-state index contributed by atoms with van der Waals surface area (Å²) in [6.45, 7) is 1.74. The number of hydrogen-bond acceptors (Lipinski definition) is 1. The van der Waals surface area contributed by atoms with Crippen LogP contribution in [0.15, 0.2) is 12.3 Å². The van der Waals surface area contributed by atoms with Crippen LogP contribution in [0.25, 0.3) is 5.65 Å². The van der Waals surface area contributed by atoms with Crippen molar-refractivity contribution in [3.63, 3.8) is 0 Å². The summed E-state index contributed by atoms with van der Waals surface area (Å²) < 4.78 is 1.41. The van der Waals surface area contributed by atoms with Gasteiger partial charge in [0.1, 0.15) is 11.3 Å². The Labute approximate surface area is 67.6 Å². The van der Waals surface area contributed by atoms with Crippen LogP contribution in [0.1, 0.15) is 5.69 Å². The second-order valence-electron chi connectivity index (χ2n) is 2.39.